The number of aryl methyl sites for hydroxylation is 3. The van der Waals surface area contributed by atoms with Crippen molar-refractivity contribution in [3.63, 3.8) is 0 Å². The van der Waals surface area contributed by atoms with Crippen molar-refractivity contribution in [1.29, 1.82) is 0 Å². The molecule has 2 aromatic heterocycles. The van der Waals surface area contributed by atoms with E-state index in [1.807, 2.05) is 15.6 Å². The Morgan fingerprint density at radius 3 is 2.85 bits per heavy atom. The lowest BCUT2D eigenvalue weighted by Gasteiger charge is -2.19. The van der Waals surface area contributed by atoms with Gasteiger partial charge in [-0.2, -0.15) is 5.10 Å². The number of carbonyl (C=O) groups is 1. The number of amides is 1. The Morgan fingerprint density at radius 2 is 2.04 bits per heavy atom. The summed E-state index contributed by atoms with van der Waals surface area (Å²) in [4.78, 5) is 17.4. The van der Waals surface area contributed by atoms with Gasteiger partial charge in [-0.15, -0.1) is 11.3 Å². The summed E-state index contributed by atoms with van der Waals surface area (Å²) in [5.41, 5.74) is 3.22. The van der Waals surface area contributed by atoms with Gasteiger partial charge in [-0.25, -0.2) is 0 Å². The molecule has 1 unspecified atom stereocenters. The van der Waals surface area contributed by atoms with Crippen LogP contribution in [0.1, 0.15) is 69.7 Å². The van der Waals surface area contributed by atoms with E-state index in [2.05, 4.69) is 11.2 Å². The molecule has 1 atom stereocenters. The summed E-state index contributed by atoms with van der Waals surface area (Å²) in [5.74, 6) is 0.535. The molecule has 138 valence electrons. The number of nitrogens with zero attached hydrogens (tertiary/aromatic N) is 3. The average Bonchev–Trinajstić information content (AvgIpc) is 3.34. The van der Waals surface area contributed by atoms with Gasteiger partial charge in [-0.05, 0) is 68.6 Å². The fraction of sp³-hybridized carbons (Fsp3) is 0.600. The molecule has 1 aliphatic heterocycles. The highest BCUT2D eigenvalue weighted by Crippen LogP contribution is 2.40. The highest BCUT2D eigenvalue weighted by molar-refractivity contribution is 7.14. The van der Waals surface area contributed by atoms with Crippen LogP contribution in [0.2, 0.25) is 0 Å². The number of aliphatic hydroxyl groups excluding tert-OH is 1. The van der Waals surface area contributed by atoms with Gasteiger partial charge in [0.05, 0.1) is 22.8 Å². The van der Waals surface area contributed by atoms with Crippen LogP contribution in [0.5, 0.6) is 0 Å². The Hall–Kier alpha value is -1.66. The van der Waals surface area contributed by atoms with E-state index in [9.17, 15) is 9.90 Å². The molecule has 3 aliphatic rings. The highest BCUT2D eigenvalue weighted by atomic mass is 32.1. The molecule has 0 spiro atoms. The van der Waals surface area contributed by atoms with Crippen LogP contribution >= 0.6 is 11.3 Å². The van der Waals surface area contributed by atoms with Gasteiger partial charge in [-0.1, -0.05) is 0 Å². The predicted molar refractivity (Wildman–Crippen MR) is 100 cm³/mol. The summed E-state index contributed by atoms with van der Waals surface area (Å²) >= 11 is 1.69. The van der Waals surface area contributed by atoms with E-state index >= 15 is 0 Å². The number of rotatable bonds is 3. The second-order valence-corrected chi connectivity index (χ2v) is 9.05. The summed E-state index contributed by atoms with van der Waals surface area (Å²) < 4.78 is 1.99. The second-order valence-electron chi connectivity index (χ2n) is 7.91. The van der Waals surface area contributed by atoms with E-state index in [0.29, 0.717) is 12.5 Å². The van der Waals surface area contributed by atoms with E-state index in [0.717, 1.165) is 61.5 Å². The summed E-state index contributed by atoms with van der Waals surface area (Å²) in [6.45, 7) is 2.18. The Labute approximate surface area is 157 Å². The maximum Gasteiger partial charge on any atom is 0.264 e. The Kier molecular flexibility index (Phi) is 4.13. The summed E-state index contributed by atoms with van der Waals surface area (Å²) in [5, 5.41) is 15.0. The van der Waals surface area contributed by atoms with Crippen LogP contribution < -0.4 is 0 Å². The van der Waals surface area contributed by atoms with Crippen molar-refractivity contribution in [2.24, 2.45) is 5.92 Å². The summed E-state index contributed by atoms with van der Waals surface area (Å²) in [6, 6.07) is 4.14. The van der Waals surface area contributed by atoms with Gasteiger partial charge in [0.15, 0.2) is 0 Å². The van der Waals surface area contributed by atoms with Crippen LogP contribution in [0.15, 0.2) is 12.1 Å². The summed E-state index contributed by atoms with van der Waals surface area (Å²) in [7, 11) is 0. The molecule has 5 rings (SSSR count). The molecular formula is C20H25N3O2S. The first kappa shape index (κ1) is 16.5. The molecular weight excluding hydrogens is 346 g/mol. The molecule has 1 amide bonds. The van der Waals surface area contributed by atoms with Crippen LogP contribution in [-0.4, -0.2) is 32.2 Å². The Balaban J connectivity index is 1.36. The molecule has 0 radical (unpaired) electrons. The minimum Gasteiger partial charge on any atom is -0.386 e. The van der Waals surface area contributed by atoms with E-state index in [4.69, 9.17) is 0 Å². The van der Waals surface area contributed by atoms with Crippen LogP contribution in [0.4, 0.5) is 0 Å². The fourth-order valence-electron chi connectivity index (χ4n) is 4.21. The van der Waals surface area contributed by atoms with Gasteiger partial charge in [-0.3, -0.25) is 9.48 Å². The molecule has 3 heterocycles. The van der Waals surface area contributed by atoms with Gasteiger partial charge >= 0.3 is 0 Å². The zero-order chi connectivity index (χ0) is 17.7. The zero-order valence-electron chi connectivity index (χ0n) is 15.0. The second kappa shape index (κ2) is 6.50. The number of hydrogen-bond donors (Lipinski definition) is 1. The molecule has 6 heteroatoms. The van der Waals surface area contributed by atoms with Crippen molar-refractivity contribution in [3.8, 4) is 0 Å². The van der Waals surface area contributed by atoms with Crippen LogP contribution in [-0.2, 0) is 25.9 Å². The minimum absolute atomic E-state index is 0.156. The van der Waals surface area contributed by atoms with Crippen molar-refractivity contribution in [3.05, 3.63) is 38.8 Å². The third-order valence-corrected chi connectivity index (χ3v) is 7.12. The lowest BCUT2D eigenvalue weighted by Crippen LogP contribution is -2.30. The lowest BCUT2D eigenvalue weighted by molar-refractivity contribution is 0.0750. The van der Waals surface area contributed by atoms with Gasteiger partial charge in [0.1, 0.15) is 6.10 Å². The largest absolute Gasteiger partial charge is 0.386 e. The average molecular weight is 372 g/mol. The molecule has 26 heavy (non-hydrogen) atoms. The Bertz CT molecular complexity index is 813. The molecule has 0 aromatic carbocycles. The third-order valence-electron chi connectivity index (χ3n) is 5.90. The Morgan fingerprint density at radius 1 is 1.19 bits per heavy atom. The first-order valence-corrected chi connectivity index (χ1v) is 10.7. The highest BCUT2D eigenvalue weighted by Gasteiger charge is 2.33. The molecule has 2 aliphatic carbocycles. The van der Waals surface area contributed by atoms with Crippen molar-refractivity contribution in [2.75, 3.05) is 6.54 Å². The fourth-order valence-corrected chi connectivity index (χ4v) is 5.43. The van der Waals surface area contributed by atoms with Crippen molar-refractivity contribution >= 4 is 17.2 Å². The molecule has 0 bridgehead atoms. The molecule has 1 fully saturated rings. The quantitative estimate of drug-likeness (QED) is 0.900. The van der Waals surface area contributed by atoms with Crippen LogP contribution in [0.3, 0.4) is 0 Å². The first-order chi connectivity index (χ1) is 12.7. The van der Waals surface area contributed by atoms with Gasteiger partial charge < -0.3 is 10.0 Å². The number of thiophene rings is 1. The van der Waals surface area contributed by atoms with Gasteiger partial charge in [0.2, 0.25) is 0 Å². The van der Waals surface area contributed by atoms with E-state index in [-0.39, 0.29) is 5.91 Å². The number of aromatic nitrogens is 2. The molecule has 1 saturated carbocycles. The number of aliphatic hydroxyl groups is 1. The monoisotopic (exact) mass is 371 g/mol. The minimum atomic E-state index is -0.442. The van der Waals surface area contributed by atoms with Crippen molar-refractivity contribution < 1.29 is 9.90 Å². The zero-order valence-corrected chi connectivity index (χ0v) is 15.8. The predicted octanol–water partition coefficient (Wildman–Crippen LogP) is 3.31. The van der Waals surface area contributed by atoms with Gasteiger partial charge in [0.25, 0.3) is 5.91 Å². The van der Waals surface area contributed by atoms with Crippen molar-refractivity contribution in [2.45, 2.75) is 64.1 Å². The van der Waals surface area contributed by atoms with Crippen LogP contribution in [0.25, 0.3) is 0 Å². The molecule has 5 nitrogen and oxygen atoms in total. The van der Waals surface area contributed by atoms with E-state index in [1.54, 1.807) is 11.3 Å². The smallest absolute Gasteiger partial charge is 0.264 e. The molecule has 1 N–H and O–H groups in total. The van der Waals surface area contributed by atoms with Crippen molar-refractivity contribution in [1.82, 2.24) is 14.7 Å². The van der Waals surface area contributed by atoms with Crippen LogP contribution in [0, 0.1) is 5.92 Å². The summed E-state index contributed by atoms with van der Waals surface area (Å²) in [6.07, 6.45) is 7.39. The SMILES string of the molecule is O=C(c1cc2c(s1)CCCC2)N1CCCn2nc(C(O)C3CC3)cc2C1. The third kappa shape index (κ3) is 2.99. The normalized spacial score (nSPS) is 21.0. The number of carbonyl (C=O) groups excluding carboxylic acids is 1. The molecule has 0 saturated heterocycles. The molecule has 2 aromatic rings. The van der Waals surface area contributed by atoms with E-state index < -0.39 is 6.10 Å². The number of hydrogen-bond acceptors (Lipinski definition) is 4. The maximum atomic E-state index is 13.1. The first-order valence-electron chi connectivity index (χ1n) is 9.84. The number of fused-ring (bicyclic) bond motifs is 2. The topological polar surface area (TPSA) is 58.4 Å². The van der Waals surface area contributed by atoms with Gasteiger partial charge in [0, 0.05) is 18.0 Å². The maximum absolute atomic E-state index is 13.1. The standard InChI is InChI=1S/C20H25N3O2S/c24-19(13-6-7-13)16-11-15-12-22(8-3-9-23(15)21-16)20(25)18-10-14-4-1-2-5-17(14)26-18/h10-11,13,19,24H,1-9,12H2. The lowest BCUT2D eigenvalue weighted by atomic mass is 9.99. The van der Waals surface area contributed by atoms with E-state index in [1.165, 1.54) is 23.3 Å².